The predicted molar refractivity (Wildman–Crippen MR) is 63.1 cm³/mol. The van der Waals surface area contributed by atoms with Crippen LogP contribution in [-0.4, -0.2) is 17.1 Å². The van der Waals surface area contributed by atoms with Gasteiger partial charge in [0.25, 0.3) is 0 Å². The van der Waals surface area contributed by atoms with Crippen LogP contribution in [0.25, 0.3) is 0 Å². The van der Waals surface area contributed by atoms with E-state index >= 15 is 0 Å². The second kappa shape index (κ2) is 4.81. The van der Waals surface area contributed by atoms with Gasteiger partial charge in [0, 0.05) is 24.5 Å². The van der Waals surface area contributed by atoms with E-state index in [0.717, 1.165) is 18.5 Å². The van der Waals surface area contributed by atoms with Crippen molar-refractivity contribution in [3.8, 4) is 0 Å². The maximum absolute atomic E-state index is 6.06. The van der Waals surface area contributed by atoms with Gasteiger partial charge in [-0.3, -0.25) is 4.98 Å². The average Bonchev–Trinajstić information content (AvgIpc) is 2.24. The molecule has 2 rings (SSSR count). The molecule has 1 saturated carbocycles. The Balaban J connectivity index is 2.04. The van der Waals surface area contributed by atoms with Gasteiger partial charge in [-0.1, -0.05) is 24.4 Å². The fraction of sp³-hybridized carbons (Fsp3) is 0.545. The van der Waals surface area contributed by atoms with E-state index in [1.54, 1.807) is 12.4 Å². The molecular weight excluding hydrogens is 210 g/mol. The van der Waals surface area contributed by atoms with Crippen molar-refractivity contribution >= 4 is 17.3 Å². The second-order valence-corrected chi connectivity index (χ2v) is 4.46. The largest absolute Gasteiger partial charge is 0.379 e. The normalized spacial score (nSPS) is 26.3. The van der Waals surface area contributed by atoms with Gasteiger partial charge in [0.1, 0.15) is 0 Å². The molecule has 1 aliphatic rings. The summed E-state index contributed by atoms with van der Waals surface area (Å²) in [5, 5.41) is 4.06. The summed E-state index contributed by atoms with van der Waals surface area (Å²) in [4.78, 5) is 3.95. The molecule has 0 amide bonds. The molecule has 0 unspecified atom stereocenters. The van der Waals surface area contributed by atoms with Crippen LogP contribution < -0.4 is 11.1 Å². The molecule has 1 aromatic rings. The molecule has 0 spiro atoms. The number of anilines is 1. The number of hydrogen-bond donors (Lipinski definition) is 2. The molecule has 1 fully saturated rings. The van der Waals surface area contributed by atoms with Crippen LogP contribution in [0.5, 0.6) is 0 Å². The number of rotatable bonds is 2. The zero-order valence-electron chi connectivity index (χ0n) is 8.62. The van der Waals surface area contributed by atoms with Crippen LogP contribution in [0.3, 0.4) is 0 Å². The van der Waals surface area contributed by atoms with Gasteiger partial charge < -0.3 is 11.1 Å². The van der Waals surface area contributed by atoms with Crippen LogP contribution in [0.1, 0.15) is 25.7 Å². The number of halogens is 1. The Kier molecular flexibility index (Phi) is 3.44. The van der Waals surface area contributed by atoms with Gasteiger partial charge in [-0.25, -0.2) is 0 Å². The smallest absolute Gasteiger partial charge is 0.0820 e. The van der Waals surface area contributed by atoms with Crippen LogP contribution in [-0.2, 0) is 0 Å². The highest BCUT2D eigenvalue weighted by Gasteiger charge is 2.21. The van der Waals surface area contributed by atoms with Crippen molar-refractivity contribution in [2.24, 2.45) is 5.73 Å². The highest BCUT2D eigenvalue weighted by Crippen LogP contribution is 2.25. The van der Waals surface area contributed by atoms with Crippen LogP contribution in [0, 0.1) is 0 Å². The van der Waals surface area contributed by atoms with Crippen molar-refractivity contribution in [1.29, 1.82) is 0 Å². The van der Waals surface area contributed by atoms with Crippen LogP contribution in [0.4, 0.5) is 5.69 Å². The van der Waals surface area contributed by atoms with Gasteiger partial charge in [-0.05, 0) is 18.9 Å². The molecule has 3 nitrogen and oxygen atoms in total. The molecule has 82 valence electrons. The van der Waals surface area contributed by atoms with E-state index in [0.29, 0.717) is 11.1 Å². The number of nitrogens with one attached hydrogen (secondary N) is 1. The summed E-state index contributed by atoms with van der Waals surface area (Å²) >= 11 is 6.03. The minimum absolute atomic E-state index is 0.239. The zero-order valence-corrected chi connectivity index (χ0v) is 9.37. The number of pyridine rings is 1. The number of hydrogen-bond acceptors (Lipinski definition) is 3. The monoisotopic (exact) mass is 225 g/mol. The lowest BCUT2D eigenvalue weighted by Crippen LogP contribution is -2.42. The highest BCUT2D eigenvalue weighted by atomic mass is 35.5. The first kappa shape index (κ1) is 10.7. The molecule has 2 atom stereocenters. The summed E-state index contributed by atoms with van der Waals surface area (Å²) in [7, 11) is 0. The molecule has 0 radical (unpaired) electrons. The molecule has 0 saturated heterocycles. The van der Waals surface area contributed by atoms with E-state index in [4.69, 9.17) is 17.3 Å². The Labute approximate surface area is 95.0 Å². The minimum atomic E-state index is 0.239. The maximum Gasteiger partial charge on any atom is 0.0820 e. The third-order valence-corrected chi connectivity index (χ3v) is 3.23. The summed E-state index contributed by atoms with van der Waals surface area (Å²) < 4.78 is 0. The van der Waals surface area contributed by atoms with Crippen LogP contribution in [0.15, 0.2) is 18.5 Å². The number of nitrogens with zero attached hydrogens (tertiary/aromatic N) is 1. The van der Waals surface area contributed by atoms with Crippen molar-refractivity contribution in [2.75, 3.05) is 5.32 Å². The van der Waals surface area contributed by atoms with E-state index in [-0.39, 0.29) is 6.04 Å². The number of aromatic nitrogens is 1. The predicted octanol–water partition coefficient (Wildman–Crippen LogP) is 2.42. The fourth-order valence-corrected chi connectivity index (χ4v) is 2.20. The van der Waals surface area contributed by atoms with Gasteiger partial charge in [0.05, 0.1) is 10.7 Å². The average molecular weight is 226 g/mol. The van der Waals surface area contributed by atoms with Gasteiger partial charge in [-0.2, -0.15) is 0 Å². The molecule has 3 N–H and O–H groups in total. The lowest BCUT2D eigenvalue weighted by Gasteiger charge is -2.30. The molecular formula is C11H16ClN3. The third-order valence-electron chi connectivity index (χ3n) is 2.93. The van der Waals surface area contributed by atoms with Gasteiger partial charge in [-0.15, -0.1) is 0 Å². The van der Waals surface area contributed by atoms with Gasteiger partial charge in [0.15, 0.2) is 0 Å². The van der Waals surface area contributed by atoms with Crippen molar-refractivity contribution < 1.29 is 0 Å². The fourth-order valence-electron chi connectivity index (χ4n) is 2.03. The van der Waals surface area contributed by atoms with E-state index in [1.807, 2.05) is 6.07 Å². The van der Waals surface area contributed by atoms with E-state index in [2.05, 4.69) is 10.3 Å². The molecule has 1 aromatic heterocycles. The van der Waals surface area contributed by atoms with Gasteiger partial charge >= 0.3 is 0 Å². The molecule has 15 heavy (non-hydrogen) atoms. The topological polar surface area (TPSA) is 50.9 Å². The number of nitrogens with two attached hydrogens (primary N) is 1. The molecule has 0 aromatic carbocycles. The van der Waals surface area contributed by atoms with Crippen LogP contribution in [0.2, 0.25) is 5.02 Å². The van der Waals surface area contributed by atoms with E-state index in [1.165, 1.54) is 12.8 Å². The van der Waals surface area contributed by atoms with Crippen LogP contribution >= 0.6 is 11.6 Å². The quantitative estimate of drug-likeness (QED) is 0.813. The Morgan fingerprint density at radius 1 is 1.40 bits per heavy atom. The summed E-state index contributed by atoms with van der Waals surface area (Å²) in [5.74, 6) is 0. The third kappa shape index (κ3) is 2.61. The molecule has 0 aliphatic heterocycles. The Morgan fingerprint density at radius 3 is 2.93 bits per heavy atom. The summed E-state index contributed by atoms with van der Waals surface area (Å²) in [6, 6.07) is 2.48. The van der Waals surface area contributed by atoms with Crippen molar-refractivity contribution in [2.45, 2.75) is 37.8 Å². The van der Waals surface area contributed by atoms with E-state index in [9.17, 15) is 0 Å². The Hall–Kier alpha value is -0.800. The molecule has 4 heteroatoms. The SMILES string of the molecule is N[C@@H]1CCCC[C@H]1Nc1ccncc1Cl. The molecule has 1 aliphatic carbocycles. The lowest BCUT2D eigenvalue weighted by atomic mass is 9.91. The first-order valence-corrected chi connectivity index (χ1v) is 5.77. The molecule has 1 heterocycles. The lowest BCUT2D eigenvalue weighted by molar-refractivity contribution is 0.404. The Bertz CT molecular complexity index is 329. The summed E-state index contributed by atoms with van der Waals surface area (Å²) in [5.41, 5.74) is 6.99. The first-order valence-electron chi connectivity index (χ1n) is 5.39. The standard InChI is InChI=1S/C11H16ClN3/c12-8-7-14-6-5-10(8)15-11-4-2-1-3-9(11)13/h5-7,9,11H,1-4,13H2,(H,14,15)/t9-,11-/m1/s1. The molecule has 0 bridgehead atoms. The highest BCUT2D eigenvalue weighted by molar-refractivity contribution is 6.33. The summed E-state index contributed by atoms with van der Waals surface area (Å²) in [6.45, 7) is 0. The van der Waals surface area contributed by atoms with Crippen molar-refractivity contribution in [3.63, 3.8) is 0 Å². The van der Waals surface area contributed by atoms with Crippen molar-refractivity contribution in [1.82, 2.24) is 4.98 Å². The first-order chi connectivity index (χ1) is 7.27. The van der Waals surface area contributed by atoms with E-state index < -0.39 is 0 Å². The minimum Gasteiger partial charge on any atom is -0.379 e. The maximum atomic E-state index is 6.06. The second-order valence-electron chi connectivity index (χ2n) is 4.05. The van der Waals surface area contributed by atoms with Gasteiger partial charge in [0.2, 0.25) is 0 Å². The zero-order chi connectivity index (χ0) is 10.7. The summed E-state index contributed by atoms with van der Waals surface area (Å²) in [6.07, 6.45) is 8.10. The van der Waals surface area contributed by atoms with Crippen molar-refractivity contribution in [3.05, 3.63) is 23.5 Å². The Morgan fingerprint density at radius 2 is 2.20 bits per heavy atom.